The Morgan fingerprint density at radius 1 is 1.55 bits per heavy atom. The first-order valence-corrected chi connectivity index (χ1v) is 7.70. The minimum absolute atomic E-state index is 0.0530. The van der Waals surface area contributed by atoms with Crippen molar-refractivity contribution in [2.75, 3.05) is 26.2 Å². The molecule has 0 spiro atoms. The van der Waals surface area contributed by atoms with Gasteiger partial charge in [-0.3, -0.25) is 9.69 Å². The van der Waals surface area contributed by atoms with Gasteiger partial charge in [-0.2, -0.15) is 0 Å². The first-order chi connectivity index (χ1) is 9.60. The highest BCUT2D eigenvalue weighted by Crippen LogP contribution is 2.18. The zero-order chi connectivity index (χ0) is 14.5. The number of Topliss-reactive ketones (excluding diaryl/α,β-unsaturated/α-hetero) is 1. The van der Waals surface area contributed by atoms with Gasteiger partial charge >= 0.3 is 0 Å². The molecule has 0 saturated carbocycles. The minimum Gasteiger partial charge on any atom is -0.368 e. The minimum atomic E-state index is -0.436. The van der Waals surface area contributed by atoms with Crippen molar-refractivity contribution in [2.24, 2.45) is 0 Å². The summed E-state index contributed by atoms with van der Waals surface area (Å²) in [6.45, 7) is 5.13. The van der Waals surface area contributed by atoms with E-state index in [9.17, 15) is 9.18 Å². The summed E-state index contributed by atoms with van der Waals surface area (Å²) < 4.78 is 20.0. The first kappa shape index (κ1) is 15.6. The molecule has 2 rings (SSSR count). The van der Waals surface area contributed by atoms with Crippen LogP contribution in [0, 0.1) is 5.82 Å². The van der Waals surface area contributed by atoms with Crippen LogP contribution in [-0.2, 0) is 16.0 Å². The average Bonchev–Trinajstić information content (AvgIpc) is 2.43. The van der Waals surface area contributed by atoms with Gasteiger partial charge in [-0.05, 0) is 36.7 Å². The van der Waals surface area contributed by atoms with Gasteiger partial charge in [-0.15, -0.1) is 0 Å². The van der Waals surface area contributed by atoms with Crippen LogP contribution in [0.25, 0.3) is 0 Å². The van der Waals surface area contributed by atoms with E-state index in [4.69, 9.17) is 4.74 Å². The van der Waals surface area contributed by atoms with E-state index >= 15 is 0 Å². The fourth-order valence-electron chi connectivity index (χ4n) is 2.40. The number of ether oxygens (including phenoxy) is 1. The number of hydrogen-bond acceptors (Lipinski definition) is 3. The second kappa shape index (κ2) is 7.29. The average molecular weight is 344 g/mol. The lowest BCUT2D eigenvalue weighted by molar-refractivity contribution is -0.135. The number of carbonyl (C=O) groups excluding carboxylic acids is 1. The Bertz CT molecular complexity index is 479. The summed E-state index contributed by atoms with van der Waals surface area (Å²) in [5.74, 6) is -0.398. The predicted octanol–water partition coefficient (Wildman–Crippen LogP) is 2.81. The van der Waals surface area contributed by atoms with E-state index in [1.54, 1.807) is 12.1 Å². The summed E-state index contributed by atoms with van der Waals surface area (Å²) in [5.41, 5.74) is 0.417. The number of rotatable bonds is 5. The molecule has 1 heterocycles. The van der Waals surface area contributed by atoms with Crippen molar-refractivity contribution in [3.8, 4) is 0 Å². The number of hydrogen-bond donors (Lipinski definition) is 0. The van der Waals surface area contributed by atoms with Gasteiger partial charge in [0, 0.05) is 24.0 Å². The zero-order valence-electron chi connectivity index (χ0n) is 11.6. The topological polar surface area (TPSA) is 29.5 Å². The van der Waals surface area contributed by atoms with Crippen molar-refractivity contribution in [1.82, 2.24) is 4.90 Å². The normalized spacial score (nSPS) is 20.1. The molecular weight excluding hydrogens is 325 g/mol. The van der Waals surface area contributed by atoms with Crippen LogP contribution in [0.5, 0.6) is 0 Å². The maximum Gasteiger partial charge on any atom is 0.167 e. The SMILES string of the molecule is CCCN1CCOC(C(=O)Cc2cc(Br)ccc2F)C1. The van der Waals surface area contributed by atoms with Crippen LogP contribution in [0.15, 0.2) is 22.7 Å². The second-order valence-electron chi connectivity index (χ2n) is 5.04. The third-order valence-corrected chi connectivity index (χ3v) is 3.92. The Morgan fingerprint density at radius 3 is 3.10 bits per heavy atom. The van der Waals surface area contributed by atoms with Crippen LogP contribution < -0.4 is 0 Å². The lowest BCUT2D eigenvalue weighted by atomic mass is 10.0. The number of morpholine rings is 1. The van der Waals surface area contributed by atoms with Crippen molar-refractivity contribution in [1.29, 1.82) is 0 Å². The molecule has 0 N–H and O–H groups in total. The lowest BCUT2D eigenvalue weighted by Gasteiger charge is -2.31. The standard InChI is InChI=1S/C15H19BrFNO2/c1-2-5-18-6-7-20-15(10-18)14(19)9-11-8-12(16)3-4-13(11)17/h3-4,8,15H,2,5-7,9-10H2,1H3. The van der Waals surface area contributed by atoms with Crippen molar-refractivity contribution < 1.29 is 13.9 Å². The third kappa shape index (κ3) is 4.11. The Morgan fingerprint density at radius 2 is 2.35 bits per heavy atom. The molecule has 1 aliphatic rings. The summed E-state index contributed by atoms with van der Waals surface area (Å²) in [4.78, 5) is 14.5. The van der Waals surface area contributed by atoms with E-state index < -0.39 is 6.10 Å². The smallest absolute Gasteiger partial charge is 0.167 e. The van der Waals surface area contributed by atoms with Crippen molar-refractivity contribution in [2.45, 2.75) is 25.9 Å². The molecule has 0 radical (unpaired) electrons. The van der Waals surface area contributed by atoms with Crippen LogP contribution in [-0.4, -0.2) is 43.0 Å². The number of benzene rings is 1. The number of halogens is 2. The highest BCUT2D eigenvalue weighted by molar-refractivity contribution is 9.10. The van der Waals surface area contributed by atoms with Crippen LogP contribution in [0.3, 0.4) is 0 Å². The van der Waals surface area contributed by atoms with E-state index in [-0.39, 0.29) is 18.0 Å². The van der Waals surface area contributed by atoms with Gasteiger partial charge in [0.2, 0.25) is 0 Å². The van der Waals surface area contributed by atoms with Gasteiger partial charge in [0.15, 0.2) is 5.78 Å². The molecule has 20 heavy (non-hydrogen) atoms. The van der Waals surface area contributed by atoms with Gasteiger partial charge in [0.05, 0.1) is 6.61 Å². The lowest BCUT2D eigenvalue weighted by Crippen LogP contribution is -2.46. The quantitative estimate of drug-likeness (QED) is 0.823. The number of carbonyl (C=O) groups is 1. The molecule has 1 aromatic carbocycles. The summed E-state index contributed by atoms with van der Waals surface area (Å²) in [6, 6.07) is 4.65. The van der Waals surface area contributed by atoms with E-state index in [2.05, 4.69) is 27.8 Å². The Labute approximate surface area is 127 Å². The molecule has 1 unspecified atom stereocenters. The monoisotopic (exact) mass is 343 g/mol. The molecule has 5 heteroatoms. The molecule has 1 atom stereocenters. The van der Waals surface area contributed by atoms with E-state index in [0.29, 0.717) is 18.7 Å². The molecule has 0 amide bonds. The predicted molar refractivity (Wildman–Crippen MR) is 79.3 cm³/mol. The Hall–Kier alpha value is -0.780. The maximum atomic E-state index is 13.7. The van der Waals surface area contributed by atoms with Crippen LogP contribution in [0.1, 0.15) is 18.9 Å². The molecule has 1 aromatic rings. The molecule has 0 aromatic heterocycles. The highest BCUT2D eigenvalue weighted by Gasteiger charge is 2.26. The van der Waals surface area contributed by atoms with Gasteiger partial charge in [-0.1, -0.05) is 22.9 Å². The van der Waals surface area contributed by atoms with Crippen LogP contribution in [0.4, 0.5) is 4.39 Å². The van der Waals surface area contributed by atoms with Crippen molar-refractivity contribution >= 4 is 21.7 Å². The van der Waals surface area contributed by atoms with Gasteiger partial charge in [0.25, 0.3) is 0 Å². The van der Waals surface area contributed by atoms with Gasteiger partial charge in [0.1, 0.15) is 11.9 Å². The summed E-state index contributed by atoms with van der Waals surface area (Å²) in [6.07, 6.45) is 0.700. The van der Waals surface area contributed by atoms with Crippen molar-refractivity contribution in [3.63, 3.8) is 0 Å². The molecular formula is C15H19BrFNO2. The fourth-order valence-corrected chi connectivity index (χ4v) is 2.81. The highest BCUT2D eigenvalue weighted by atomic mass is 79.9. The molecule has 1 aliphatic heterocycles. The third-order valence-electron chi connectivity index (χ3n) is 3.42. The molecule has 1 fully saturated rings. The Balaban J connectivity index is 1.99. The van der Waals surface area contributed by atoms with Gasteiger partial charge < -0.3 is 4.74 Å². The molecule has 0 aliphatic carbocycles. The van der Waals surface area contributed by atoms with Gasteiger partial charge in [-0.25, -0.2) is 4.39 Å². The fraction of sp³-hybridized carbons (Fsp3) is 0.533. The second-order valence-corrected chi connectivity index (χ2v) is 5.95. The number of ketones is 1. The summed E-state index contributed by atoms with van der Waals surface area (Å²) >= 11 is 3.29. The summed E-state index contributed by atoms with van der Waals surface area (Å²) in [5, 5.41) is 0. The van der Waals surface area contributed by atoms with Crippen LogP contribution in [0.2, 0.25) is 0 Å². The summed E-state index contributed by atoms with van der Waals surface area (Å²) in [7, 11) is 0. The molecule has 0 bridgehead atoms. The van der Waals surface area contributed by atoms with Crippen LogP contribution >= 0.6 is 15.9 Å². The molecule has 3 nitrogen and oxygen atoms in total. The van der Waals surface area contributed by atoms with E-state index in [1.165, 1.54) is 6.07 Å². The first-order valence-electron chi connectivity index (χ1n) is 6.90. The van der Waals surface area contributed by atoms with Crippen molar-refractivity contribution in [3.05, 3.63) is 34.1 Å². The number of nitrogens with zero attached hydrogens (tertiary/aromatic N) is 1. The largest absolute Gasteiger partial charge is 0.368 e. The zero-order valence-corrected chi connectivity index (χ0v) is 13.2. The Kier molecular flexibility index (Phi) is 5.69. The van der Waals surface area contributed by atoms with E-state index in [0.717, 1.165) is 24.0 Å². The molecule has 110 valence electrons. The maximum absolute atomic E-state index is 13.7. The van der Waals surface area contributed by atoms with E-state index in [1.807, 2.05) is 0 Å². The molecule has 1 saturated heterocycles.